The molecule has 5 atom stereocenters. The summed E-state index contributed by atoms with van der Waals surface area (Å²) >= 11 is 0. The third kappa shape index (κ3) is 9.29. The van der Waals surface area contributed by atoms with Crippen molar-refractivity contribution in [3.05, 3.63) is 29.3 Å². The van der Waals surface area contributed by atoms with E-state index in [1.165, 1.54) is 44.1 Å². The second kappa shape index (κ2) is 15.5. The second-order valence-corrected chi connectivity index (χ2v) is 12.1. The summed E-state index contributed by atoms with van der Waals surface area (Å²) in [6.07, 6.45) is 13.7. The van der Waals surface area contributed by atoms with Gasteiger partial charge in [0.15, 0.2) is 6.61 Å². The summed E-state index contributed by atoms with van der Waals surface area (Å²) in [5.74, 6) is 0.807. The van der Waals surface area contributed by atoms with E-state index >= 15 is 0 Å². The molecule has 0 aromatic heterocycles. The maximum Gasteiger partial charge on any atom is 0.341 e. The van der Waals surface area contributed by atoms with Crippen molar-refractivity contribution in [1.82, 2.24) is 0 Å². The lowest BCUT2D eigenvalue weighted by Gasteiger charge is -2.32. The molecule has 0 spiro atoms. The summed E-state index contributed by atoms with van der Waals surface area (Å²) in [5, 5.41) is 20.1. The molecule has 38 heavy (non-hydrogen) atoms. The monoisotopic (exact) mass is 530 g/mol. The molecule has 0 aliphatic heterocycles. The summed E-state index contributed by atoms with van der Waals surface area (Å²) in [6.45, 7) is 5.98. The number of carboxylic acids is 1. The first-order valence-electron chi connectivity index (χ1n) is 15.1. The van der Waals surface area contributed by atoms with E-state index in [9.17, 15) is 14.7 Å². The third-order valence-corrected chi connectivity index (χ3v) is 8.52. The van der Waals surface area contributed by atoms with Gasteiger partial charge < -0.3 is 19.7 Å². The Morgan fingerprint density at radius 1 is 1.03 bits per heavy atom. The molecule has 214 valence electrons. The van der Waals surface area contributed by atoms with E-state index in [1.54, 1.807) is 0 Å². The Balaban J connectivity index is 1.58. The lowest BCUT2D eigenvalue weighted by atomic mass is 9.73. The van der Waals surface area contributed by atoms with Crippen LogP contribution in [0.25, 0.3) is 0 Å². The number of carboxylic acid groups (broad SMARTS) is 1. The van der Waals surface area contributed by atoms with Crippen LogP contribution in [0.4, 0.5) is 0 Å². The quantitative estimate of drug-likeness (QED) is 0.171. The van der Waals surface area contributed by atoms with Gasteiger partial charge in [0.1, 0.15) is 11.9 Å². The SMILES string of the molecule is CCCCCCCCC[C@@H](CC[C@@H]1[C@H]2Cc3cccc(OCC(=O)O)c3C[C@H]2C[C@H]1O)OC(=O)CC(C)C. The average Bonchev–Trinajstić information content (AvgIpc) is 3.17. The second-order valence-electron chi connectivity index (χ2n) is 12.1. The van der Waals surface area contributed by atoms with Gasteiger partial charge in [0.25, 0.3) is 0 Å². The summed E-state index contributed by atoms with van der Waals surface area (Å²) < 4.78 is 11.5. The number of hydrogen-bond acceptors (Lipinski definition) is 5. The maximum atomic E-state index is 12.5. The van der Waals surface area contributed by atoms with Gasteiger partial charge in [-0.25, -0.2) is 4.79 Å². The van der Waals surface area contributed by atoms with Gasteiger partial charge in [0.05, 0.1) is 6.10 Å². The molecule has 3 rings (SSSR count). The van der Waals surface area contributed by atoms with Crippen LogP contribution in [-0.4, -0.2) is 41.0 Å². The van der Waals surface area contributed by atoms with Crippen LogP contribution in [0.3, 0.4) is 0 Å². The predicted molar refractivity (Wildman–Crippen MR) is 149 cm³/mol. The number of unbranched alkanes of at least 4 members (excludes halogenated alkanes) is 6. The van der Waals surface area contributed by atoms with Gasteiger partial charge in [-0.3, -0.25) is 4.79 Å². The minimum atomic E-state index is -0.979. The molecule has 0 amide bonds. The number of fused-ring (bicyclic) bond motifs is 2. The van der Waals surface area contributed by atoms with Crippen molar-refractivity contribution in [3.63, 3.8) is 0 Å². The van der Waals surface area contributed by atoms with Crippen molar-refractivity contribution < 1.29 is 29.3 Å². The molecular formula is C32H50O6. The molecule has 2 aliphatic rings. The first-order valence-corrected chi connectivity index (χ1v) is 15.1. The molecule has 2 N–H and O–H groups in total. The number of carbonyl (C=O) groups excluding carboxylic acids is 1. The summed E-state index contributed by atoms with van der Waals surface area (Å²) in [4.78, 5) is 23.5. The standard InChI is InChI=1S/C32H50O6/c1-4-5-6-7-8-9-10-13-25(38-32(36)17-22(2)3)15-16-26-27-18-23-12-11-14-30(37-21-31(34)35)28(23)19-24(27)20-29(26)33/h11-12,14,22,24-27,29,33H,4-10,13,15-21H2,1-3H3,(H,34,35)/t24-,25-,26+,27-,29+/m0/s1. The van der Waals surface area contributed by atoms with Crippen LogP contribution >= 0.6 is 0 Å². The molecule has 6 heteroatoms. The van der Waals surface area contributed by atoms with Crippen molar-refractivity contribution in [2.24, 2.45) is 23.7 Å². The topological polar surface area (TPSA) is 93.1 Å². The summed E-state index contributed by atoms with van der Waals surface area (Å²) in [5.41, 5.74) is 2.30. The highest BCUT2D eigenvalue weighted by molar-refractivity contribution is 5.69. The maximum absolute atomic E-state index is 12.5. The van der Waals surface area contributed by atoms with E-state index in [0.29, 0.717) is 24.0 Å². The minimum Gasteiger partial charge on any atom is -0.482 e. The first kappa shape index (κ1) is 30.5. The van der Waals surface area contributed by atoms with Crippen molar-refractivity contribution in [2.75, 3.05) is 6.61 Å². The van der Waals surface area contributed by atoms with E-state index < -0.39 is 5.97 Å². The molecule has 0 saturated heterocycles. The van der Waals surface area contributed by atoms with Crippen LogP contribution in [0.15, 0.2) is 18.2 Å². The van der Waals surface area contributed by atoms with Crippen LogP contribution in [-0.2, 0) is 27.2 Å². The molecule has 1 aromatic rings. The number of benzene rings is 1. The lowest BCUT2D eigenvalue weighted by Crippen LogP contribution is -2.29. The molecular weight excluding hydrogens is 480 g/mol. The molecule has 6 nitrogen and oxygen atoms in total. The van der Waals surface area contributed by atoms with Crippen LogP contribution in [0.2, 0.25) is 0 Å². The van der Waals surface area contributed by atoms with Gasteiger partial charge in [-0.05, 0) is 85.8 Å². The largest absolute Gasteiger partial charge is 0.482 e. The van der Waals surface area contributed by atoms with Gasteiger partial charge in [-0.15, -0.1) is 0 Å². The van der Waals surface area contributed by atoms with Crippen LogP contribution in [0.5, 0.6) is 5.75 Å². The van der Waals surface area contributed by atoms with Gasteiger partial charge in [-0.2, -0.15) is 0 Å². The number of rotatable bonds is 17. The lowest BCUT2D eigenvalue weighted by molar-refractivity contribution is -0.151. The number of aliphatic carboxylic acids is 1. The molecule has 0 bridgehead atoms. The van der Waals surface area contributed by atoms with Gasteiger partial charge >= 0.3 is 11.9 Å². The highest BCUT2D eigenvalue weighted by atomic mass is 16.5. The molecule has 0 radical (unpaired) electrons. The van der Waals surface area contributed by atoms with Crippen LogP contribution in [0, 0.1) is 23.7 Å². The van der Waals surface area contributed by atoms with E-state index in [4.69, 9.17) is 14.6 Å². The number of carbonyl (C=O) groups is 2. The fraction of sp³-hybridized carbons (Fsp3) is 0.750. The van der Waals surface area contributed by atoms with Gasteiger partial charge in [-0.1, -0.05) is 71.4 Å². The fourth-order valence-corrected chi connectivity index (χ4v) is 6.62. The molecule has 0 heterocycles. The Morgan fingerprint density at radius 2 is 1.76 bits per heavy atom. The average molecular weight is 531 g/mol. The van der Waals surface area contributed by atoms with Crippen LogP contribution in [0.1, 0.15) is 109 Å². The van der Waals surface area contributed by atoms with E-state index in [0.717, 1.165) is 50.5 Å². The van der Waals surface area contributed by atoms with Gasteiger partial charge in [0.2, 0.25) is 0 Å². The van der Waals surface area contributed by atoms with E-state index in [-0.39, 0.29) is 36.6 Å². The smallest absolute Gasteiger partial charge is 0.341 e. The Bertz CT molecular complexity index is 881. The van der Waals surface area contributed by atoms with E-state index in [2.05, 4.69) is 13.0 Å². The van der Waals surface area contributed by atoms with Gasteiger partial charge in [0, 0.05) is 6.42 Å². The minimum absolute atomic E-state index is 0.0740. The number of ether oxygens (including phenoxy) is 2. The summed E-state index contributed by atoms with van der Waals surface area (Å²) in [6, 6.07) is 5.89. The zero-order valence-electron chi connectivity index (χ0n) is 23.8. The fourth-order valence-electron chi connectivity index (χ4n) is 6.62. The predicted octanol–water partition coefficient (Wildman–Crippen LogP) is 6.74. The first-order chi connectivity index (χ1) is 18.3. The Labute approximate surface area is 229 Å². The van der Waals surface area contributed by atoms with Crippen molar-refractivity contribution in [2.45, 2.75) is 123 Å². The molecule has 1 fully saturated rings. The van der Waals surface area contributed by atoms with E-state index in [1.807, 2.05) is 26.0 Å². The molecule has 1 saturated carbocycles. The Kier molecular flexibility index (Phi) is 12.4. The third-order valence-electron chi connectivity index (χ3n) is 8.52. The van der Waals surface area contributed by atoms with Crippen molar-refractivity contribution >= 4 is 11.9 Å². The summed E-state index contributed by atoms with van der Waals surface area (Å²) in [7, 11) is 0. The van der Waals surface area contributed by atoms with Crippen LogP contribution < -0.4 is 4.74 Å². The number of aliphatic hydroxyl groups is 1. The van der Waals surface area contributed by atoms with Crippen molar-refractivity contribution in [3.8, 4) is 5.75 Å². The highest BCUT2D eigenvalue weighted by Crippen LogP contribution is 2.48. The number of aliphatic hydroxyl groups excluding tert-OH is 1. The molecule has 0 unspecified atom stereocenters. The highest BCUT2D eigenvalue weighted by Gasteiger charge is 2.45. The molecule has 2 aliphatic carbocycles. The van der Waals surface area contributed by atoms with Crippen molar-refractivity contribution in [1.29, 1.82) is 0 Å². The molecule has 1 aromatic carbocycles. The zero-order chi connectivity index (χ0) is 27.5. The Morgan fingerprint density at radius 3 is 2.47 bits per heavy atom. The normalized spacial score (nSPS) is 23.1. The number of hydrogen-bond donors (Lipinski definition) is 2. The Hall–Kier alpha value is -2.08. The number of esters is 1. The zero-order valence-corrected chi connectivity index (χ0v) is 23.8.